The molecule has 0 radical (unpaired) electrons. The quantitative estimate of drug-likeness (QED) is 0.684. The largest absolute Gasteiger partial charge is 0.475 e. The Kier molecular flexibility index (Phi) is 6.67. The lowest BCUT2D eigenvalue weighted by Gasteiger charge is -2.37. The van der Waals surface area contributed by atoms with Gasteiger partial charge in [-0.3, -0.25) is 0 Å². The Bertz CT molecular complexity index is 656. The van der Waals surface area contributed by atoms with Crippen LogP contribution in [-0.2, 0) is 0 Å². The molecule has 0 bridgehead atoms. The van der Waals surface area contributed by atoms with E-state index in [9.17, 15) is 0 Å². The maximum absolute atomic E-state index is 5.97. The van der Waals surface area contributed by atoms with Crippen LogP contribution in [0.25, 0.3) is 0 Å². The van der Waals surface area contributed by atoms with Crippen molar-refractivity contribution in [3.05, 3.63) is 59.8 Å². The van der Waals surface area contributed by atoms with Gasteiger partial charge >= 0.3 is 0 Å². The van der Waals surface area contributed by atoms with Gasteiger partial charge in [-0.15, -0.1) is 0 Å². The van der Waals surface area contributed by atoms with Crippen LogP contribution in [0.15, 0.2) is 48.7 Å². The molecule has 1 aliphatic rings. The van der Waals surface area contributed by atoms with Crippen LogP contribution in [0.1, 0.15) is 56.6 Å². The SMILES string of the molecule is Cc1ccc(OC(C)CCC(C)N2CCC[C@H](c3ccccc3)C2)nc1. The number of hydrogen-bond donors (Lipinski definition) is 0. The number of nitrogens with zero attached hydrogens (tertiary/aromatic N) is 2. The minimum Gasteiger partial charge on any atom is -0.475 e. The average molecular weight is 353 g/mol. The van der Waals surface area contributed by atoms with Crippen molar-refractivity contribution < 1.29 is 4.74 Å². The number of ether oxygens (including phenoxy) is 1. The highest BCUT2D eigenvalue weighted by atomic mass is 16.5. The van der Waals surface area contributed by atoms with Crippen molar-refractivity contribution >= 4 is 0 Å². The van der Waals surface area contributed by atoms with Gasteiger partial charge in [0.25, 0.3) is 0 Å². The van der Waals surface area contributed by atoms with Crippen LogP contribution >= 0.6 is 0 Å². The smallest absolute Gasteiger partial charge is 0.213 e. The molecule has 3 heteroatoms. The summed E-state index contributed by atoms with van der Waals surface area (Å²) < 4.78 is 5.97. The van der Waals surface area contributed by atoms with Crippen LogP contribution in [0.3, 0.4) is 0 Å². The van der Waals surface area contributed by atoms with E-state index in [1.807, 2.05) is 19.2 Å². The molecule has 1 fully saturated rings. The zero-order valence-corrected chi connectivity index (χ0v) is 16.4. The van der Waals surface area contributed by atoms with Crippen LogP contribution in [0.5, 0.6) is 5.88 Å². The van der Waals surface area contributed by atoms with Gasteiger partial charge in [-0.1, -0.05) is 36.4 Å². The van der Waals surface area contributed by atoms with Gasteiger partial charge in [-0.2, -0.15) is 0 Å². The molecule has 1 aliphatic heterocycles. The van der Waals surface area contributed by atoms with Crippen LogP contribution in [0.2, 0.25) is 0 Å². The van der Waals surface area contributed by atoms with Crippen molar-refractivity contribution in [2.45, 2.75) is 64.5 Å². The maximum atomic E-state index is 5.97. The maximum Gasteiger partial charge on any atom is 0.213 e. The Morgan fingerprint density at radius 2 is 1.92 bits per heavy atom. The van der Waals surface area contributed by atoms with Gasteiger partial charge in [-0.05, 0) is 70.0 Å². The van der Waals surface area contributed by atoms with E-state index in [2.05, 4.69) is 60.1 Å². The zero-order valence-electron chi connectivity index (χ0n) is 16.4. The number of rotatable bonds is 7. The summed E-state index contributed by atoms with van der Waals surface area (Å²) in [6.45, 7) is 8.96. The van der Waals surface area contributed by atoms with E-state index >= 15 is 0 Å². The van der Waals surface area contributed by atoms with Gasteiger partial charge in [0.15, 0.2) is 0 Å². The van der Waals surface area contributed by atoms with E-state index in [0.717, 1.165) is 24.3 Å². The van der Waals surface area contributed by atoms with E-state index in [1.165, 1.54) is 31.5 Å². The van der Waals surface area contributed by atoms with E-state index in [4.69, 9.17) is 4.74 Å². The summed E-state index contributed by atoms with van der Waals surface area (Å²) in [5, 5.41) is 0. The monoisotopic (exact) mass is 352 g/mol. The van der Waals surface area contributed by atoms with Crippen molar-refractivity contribution in [1.82, 2.24) is 9.88 Å². The fourth-order valence-electron chi connectivity index (χ4n) is 3.85. The summed E-state index contributed by atoms with van der Waals surface area (Å²) in [6, 6.07) is 15.6. The lowest BCUT2D eigenvalue weighted by molar-refractivity contribution is 0.130. The predicted octanol–water partition coefficient (Wildman–Crippen LogP) is 5.21. The van der Waals surface area contributed by atoms with Crippen molar-refractivity contribution in [3.63, 3.8) is 0 Å². The molecule has 0 N–H and O–H groups in total. The summed E-state index contributed by atoms with van der Waals surface area (Å²) >= 11 is 0. The molecule has 3 atom stereocenters. The molecular formula is C23H32N2O. The Balaban J connectivity index is 1.46. The first-order chi connectivity index (χ1) is 12.6. The van der Waals surface area contributed by atoms with Crippen molar-refractivity contribution in [1.29, 1.82) is 0 Å². The second kappa shape index (κ2) is 9.18. The fraction of sp³-hybridized carbons (Fsp3) is 0.522. The highest BCUT2D eigenvalue weighted by Gasteiger charge is 2.24. The summed E-state index contributed by atoms with van der Waals surface area (Å²) in [6.07, 6.45) is 6.89. The molecule has 0 amide bonds. The lowest BCUT2D eigenvalue weighted by Crippen LogP contribution is -2.41. The van der Waals surface area contributed by atoms with Crippen LogP contribution in [0, 0.1) is 6.92 Å². The number of piperidine rings is 1. The molecule has 0 spiro atoms. The zero-order chi connectivity index (χ0) is 18.4. The van der Waals surface area contributed by atoms with E-state index < -0.39 is 0 Å². The number of hydrogen-bond acceptors (Lipinski definition) is 3. The number of likely N-dealkylation sites (tertiary alicyclic amines) is 1. The van der Waals surface area contributed by atoms with Gasteiger partial charge in [0.1, 0.15) is 0 Å². The molecule has 2 heterocycles. The predicted molar refractivity (Wildman–Crippen MR) is 108 cm³/mol. The first kappa shape index (κ1) is 18.9. The van der Waals surface area contributed by atoms with Crippen molar-refractivity contribution in [3.8, 4) is 5.88 Å². The molecule has 3 rings (SSSR count). The Labute approximate surface area is 158 Å². The van der Waals surface area contributed by atoms with Crippen LogP contribution in [-0.4, -0.2) is 35.1 Å². The molecule has 2 unspecified atom stereocenters. The molecule has 0 aliphatic carbocycles. The average Bonchev–Trinajstić information content (AvgIpc) is 2.69. The topological polar surface area (TPSA) is 25.4 Å². The van der Waals surface area contributed by atoms with Crippen LogP contribution in [0.4, 0.5) is 0 Å². The minimum atomic E-state index is 0.197. The van der Waals surface area contributed by atoms with Gasteiger partial charge in [0.2, 0.25) is 5.88 Å². The third-order valence-electron chi connectivity index (χ3n) is 5.54. The van der Waals surface area contributed by atoms with Crippen LogP contribution < -0.4 is 4.74 Å². The first-order valence-corrected chi connectivity index (χ1v) is 10.00. The van der Waals surface area contributed by atoms with E-state index in [0.29, 0.717) is 12.0 Å². The highest BCUT2D eigenvalue weighted by Crippen LogP contribution is 2.28. The molecular weight excluding hydrogens is 320 g/mol. The van der Waals surface area contributed by atoms with Gasteiger partial charge in [-0.25, -0.2) is 4.98 Å². The third kappa shape index (κ3) is 5.31. The molecule has 26 heavy (non-hydrogen) atoms. The van der Waals surface area contributed by atoms with Crippen molar-refractivity contribution in [2.75, 3.05) is 13.1 Å². The van der Waals surface area contributed by atoms with Gasteiger partial charge in [0, 0.05) is 24.8 Å². The highest BCUT2D eigenvalue weighted by molar-refractivity contribution is 5.20. The number of aromatic nitrogens is 1. The third-order valence-corrected chi connectivity index (χ3v) is 5.54. The molecule has 2 aromatic rings. The minimum absolute atomic E-state index is 0.197. The summed E-state index contributed by atoms with van der Waals surface area (Å²) in [4.78, 5) is 7.01. The standard InChI is InChI=1S/C23H32N2O/c1-18-11-14-23(24-16-18)26-20(3)13-12-19(2)25-15-7-10-22(17-25)21-8-5-4-6-9-21/h4-6,8-9,11,14,16,19-20,22H,7,10,12-13,15,17H2,1-3H3/t19?,20?,22-/m0/s1. The lowest BCUT2D eigenvalue weighted by atomic mass is 9.89. The van der Waals surface area contributed by atoms with E-state index in [-0.39, 0.29) is 6.10 Å². The van der Waals surface area contributed by atoms with Crippen molar-refractivity contribution in [2.24, 2.45) is 0 Å². The normalized spacial score (nSPS) is 20.5. The van der Waals surface area contributed by atoms with Gasteiger partial charge in [0.05, 0.1) is 6.10 Å². The molecule has 3 nitrogen and oxygen atoms in total. The number of benzene rings is 1. The molecule has 140 valence electrons. The first-order valence-electron chi connectivity index (χ1n) is 10.00. The second-order valence-corrected chi connectivity index (χ2v) is 7.77. The van der Waals surface area contributed by atoms with Gasteiger partial charge < -0.3 is 9.64 Å². The summed E-state index contributed by atoms with van der Waals surface area (Å²) in [7, 11) is 0. The fourth-order valence-corrected chi connectivity index (χ4v) is 3.85. The molecule has 1 saturated heterocycles. The Morgan fingerprint density at radius 3 is 2.65 bits per heavy atom. The molecule has 1 aromatic carbocycles. The molecule has 0 saturated carbocycles. The second-order valence-electron chi connectivity index (χ2n) is 7.77. The Hall–Kier alpha value is -1.87. The number of pyridine rings is 1. The molecule has 1 aromatic heterocycles. The number of aryl methyl sites for hydroxylation is 1. The summed E-state index contributed by atoms with van der Waals surface area (Å²) in [5.74, 6) is 1.41. The van der Waals surface area contributed by atoms with E-state index in [1.54, 1.807) is 0 Å². The summed E-state index contributed by atoms with van der Waals surface area (Å²) in [5.41, 5.74) is 2.66. The Morgan fingerprint density at radius 1 is 1.12 bits per heavy atom.